The molecule has 1 aromatic heterocycles. The Balaban J connectivity index is 2.30. The van der Waals surface area contributed by atoms with Crippen molar-refractivity contribution in [2.45, 2.75) is 37.6 Å². The summed E-state index contributed by atoms with van der Waals surface area (Å²) in [7, 11) is 0. The van der Waals surface area contributed by atoms with Gasteiger partial charge < -0.3 is 15.5 Å². The third-order valence-corrected chi connectivity index (χ3v) is 3.82. The molecule has 3 N–H and O–H groups in total. The molecule has 0 aromatic carbocycles. The van der Waals surface area contributed by atoms with E-state index >= 15 is 0 Å². The van der Waals surface area contributed by atoms with E-state index in [2.05, 4.69) is 10.3 Å². The van der Waals surface area contributed by atoms with Gasteiger partial charge in [-0.1, -0.05) is 19.3 Å². The summed E-state index contributed by atoms with van der Waals surface area (Å²) >= 11 is 0. The van der Waals surface area contributed by atoms with Gasteiger partial charge in [0.1, 0.15) is 17.6 Å². The van der Waals surface area contributed by atoms with E-state index in [-0.39, 0.29) is 12.4 Å². The number of nitrogens with one attached hydrogen (secondary N) is 1. The predicted octanol–water partition coefficient (Wildman–Crippen LogP) is 1.80. The van der Waals surface area contributed by atoms with Crippen molar-refractivity contribution in [1.29, 1.82) is 0 Å². The Morgan fingerprint density at radius 2 is 2.10 bits per heavy atom. The van der Waals surface area contributed by atoms with Gasteiger partial charge >= 0.3 is 11.7 Å². The molecule has 1 aromatic rings. The molecule has 0 saturated heterocycles. The van der Waals surface area contributed by atoms with Crippen LogP contribution < -0.4 is 5.32 Å². The molecule has 0 amide bonds. The Labute approximate surface area is 121 Å². The lowest BCUT2D eigenvalue weighted by molar-refractivity contribution is -0.385. The van der Waals surface area contributed by atoms with Crippen molar-refractivity contribution in [2.24, 2.45) is 0 Å². The average molecular weight is 295 g/mol. The topological polar surface area (TPSA) is 126 Å². The van der Waals surface area contributed by atoms with Gasteiger partial charge in [-0.25, -0.2) is 9.78 Å². The molecule has 8 nitrogen and oxygen atoms in total. The summed E-state index contributed by atoms with van der Waals surface area (Å²) in [6.45, 7) is -0.0892. The molecule has 1 aliphatic carbocycles. The van der Waals surface area contributed by atoms with Crippen molar-refractivity contribution in [2.75, 3.05) is 11.9 Å². The molecular weight excluding hydrogens is 278 g/mol. The normalized spacial score (nSPS) is 17.2. The number of hydrogen-bond acceptors (Lipinski definition) is 6. The lowest BCUT2D eigenvalue weighted by Gasteiger charge is -2.36. The van der Waals surface area contributed by atoms with Crippen molar-refractivity contribution in [3.8, 4) is 0 Å². The number of aliphatic hydroxyl groups is 1. The highest BCUT2D eigenvalue weighted by molar-refractivity contribution is 5.93. The molecule has 1 fully saturated rings. The third-order valence-electron chi connectivity index (χ3n) is 3.82. The Kier molecular flexibility index (Phi) is 4.37. The first-order valence-corrected chi connectivity index (χ1v) is 6.74. The summed E-state index contributed by atoms with van der Waals surface area (Å²) in [4.78, 5) is 25.0. The van der Waals surface area contributed by atoms with E-state index in [1.54, 1.807) is 0 Å². The molecule has 114 valence electrons. The molecule has 1 saturated carbocycles. The second kappa shape index (κ2) is 6.04. The van der Waals surface area contributed by atoms with Gasteiger partial charge in [0.15, 0.2) is 0 Å². The molecular formula is C13H17N3O5. The third kappa shape index (κ3) is 3.27. The number of anilines is 1. The monoisotopic (exact) mass is 295 g/mol. The number of carboxylic acid groups (broad SMARTS) is 1. The average Bonchev–Trinajstić information content (AvgIpc) is 2.47. The summed E-state index contributed by atoms with van der Waals surface area (Å²) < 4.78 is 0. The number of aromatic nitrogens is 1. The first kappa shape index (κ1) is 15.2. The molecule has 21 heavy (non-hydrogen) atoms. The van der Waals surface area contributed by atoms with Gasteiger partial charge in [0.2, 0.25) is 0 Å². The van der Waals surface area contributed by atoms with Crippen LogP contribution in [0.2, 0.25) is 0 Å². The molecule has 0 bridgehead atoms. The number of rotatable bonds is 5. The van der Waals surface area contributed by atoms with Crippen LogP contribution in [0.5, 0.6) is 0 Å². The summed E-state index contributed by atoms with van der Waals surface area (Å²) in [5, 5.41) is 32.5. The Bertz CT molecular complexity index is 555. The highest BCUT2D eigenvalue weighted by Gasteiger charge is 2.32. The van der Waals surface area contributed by atoms with Crippen LogP contribution in [0.4, 0.5) is 11.5 Å². The second-order valence-electron chi connectivity index (χ2n) is 5.27. The lowest BCUT2D eigenvalue weighted by Crippen LogP contribution is -2.44. The smallest absolute Gasteiger partial charge is 0.342 e. The zero-order chi connectivity index (χ0) is 15.5. The minimum Gasteiger partial charge on any atom is -0.477 e. The largest absolute Gasteiger partial charge is 0.477 e. The summed E-state index contributed by atoms with van der Waals surface area (Å²) in [5.41, 5.74) is -1.49. The molecule has 0 radical (unpaired) electrons. The maximum Gasteiger partial charge on any atom is 0.342 e. The highest BCUT2D eigenvalue weighted by atomic mass is 16.6. The van der Waals surface area contributed by atoms with Gasteiger partial charge in [-0.2, -0.15) is 0 Å². The minimum absolute atomic E-state index is 0.0892. The fraction of sp³-hybridized carbons (Fsp3) is 0.538. The summed E-state index contributed by atoms with van der Waals surface area (Å²) in [6, 6.07) is 1.15. The number of hydrogen-bond donors (Lipinski definition) is 3. The van der Waals surface area contributed by atoms with E-state index in [4.69, 9.17) is 5.11 Å². The van der Waals surface area contributed by atoms with E-state index in [1.165, 1.54) is 0 Å². The van der Waals surface area contributed by atoms with Gasteiger partial charge in [0.25, 0.3) is 0 Å². The molecule has 1 aliphatic rings. The number of nitro groups is 1. The van der Waals surface area contributed by atoms with Crippen LogP contribution in [-0.4, -0.2) is 38.2 Å². The number of pyridine rings is 1. The lowest BCUT2D eigenvalue weighted by atomic mass is 9.82. The van der Waals surface area contributed by atoms with Crippen molar-refractivity contribution in [3.63, 3.8) is 0 Å². The van der Waals surface area contributed by atoms with Crippen LogP contribution >= 0.6 is 0 Å². The Morgan fingerprint density at radius 3 is 2.62 bits per heavy atom. The molecule has 1 heterocycles. The predicted molar refractivity (Wildman–Crippen MR) is 74.4 cm³/mol. The molecule has 2 rings (SSSR count). The molecule has 8 heteroatoms. The summed E-state index contributed by atoms with van der Waals surface area (Å²) in [6.07, 6.45) is 5.46. The van der Waals surface area contributed by atoms with Crippen molar-refractivity contribution in [3.05, 3.63) is 27.9 Å². The zero-order valence-electron chi connectivity index (χ0n) is 11.4. The van der Waals surface area contributed by atoms with Crippen molar-refractivity contribution < 1.29 is 19.9 Å². The molecule has 0 aliphatic heterocycles. The maximum absolute atomic E-state index is 11.1. The van der Waals surface area contributed by atoms with Crippen LogP contribution in [-0.2, 0) is 0 Å². The number of carboxylic acids is 1. The zero-order valence-corrected chi connectivity index (χ0v) is 11.4. The first-order valence-electron chi connectivity index (χ1n) is 6.74. The molecule has 0 atom stereocenters. The SMILES string of the molecule is O=C(O)c1cc(NC2(CO)CCCCC2)ncc1[N+](=O)[O-]. The number of aromatic carboxylic acids is 1. The van der Waals surface area contributed by atoms with Gasteiger partial charge in [-0.3, -0.25) is 10.1 Å². The van der Waals surface area contributed by atoms with Gasteiger partial charge in [0.05, 0.1) is 17.1 Å². The Morgan fingerprint density at radius 1 is 1.43 bits per heavy atom. The second-order valence-corrected chi connectivity index (χ2v) is 5.27. The van der Waals surface area contributed by atoms with Crippen LogP contribution in [0.15, 0.2) is 12.3 Å². The van der Waals surface area contributed by atoms with Gasteiger partial charge in [-0.05, 0) is 12.8 Å². The van der Waals surface area contributed by atoms with Crippen molar-refractivity contribution >= 4 is 17.5 Å². The van der Waals surface area contributed by atoms with Crippen LogP contribution in [0.1, 0.15) is 42.5 Å². The van der Waals surface area contributed by atoms with Crippen LogP contribution in [0, 0.1) is 10.1 Å². The maximum atomic E-state index is 11.1. The minimum atomic E-state index is -1.38. The first-order chi connectivity index (χ1) is 9.97. The van der Waals surface area contributed by atoms with Gasteiger partial charge in [0, 0.05) is 6.07 Å². The van der Waals surface area contributed by atoms with E-state index < -0.39 is 27.7 Å². The fourth-order valence-electron chi connectivity index (χ4n) is 2.66. The quantitative estimate of drug-likeness (QED) is 0.558. The number of nitrogens with zero attached hydrogens (tertiary/aromatic N) is 2. The fourth-order valence-corrected chi connectivity index (χ4v) is 2.66. The van der Waals surface area contributed by atoms with E-state index in [0.29, 0.717) is 0 Å². The highest BCUT2D eigenvalue weighted by Crippen LogP contribution is 2.31. The van der Waals surface area contributed by atoms with Crippen molar-refractivity contribution in [1.82, 2.24) is 4.98 Å². The van der Waals surface area contributed by atoms with E-state index in [0.717, 1.165) is 44.4 Å². The molecule has 0 unspecified atom stereocenters. The van der Waals surface area contributed by atoms with Gasteiger partial charge in [-0.15, -0.1) is 0 Å². The summed E-state index contributed by atoms with van der Waals surface area (Å²) in [5.74, 6) is -1.15. The Hall–Kier alpha value is -2.22. The standard InChI is InChI=1S/C13H17N3O5/c17-8-13(4-2-1-3-5-13)15-11-6-9(12(18)19)10(7-14-11)16(20)21/h6-7,17H,1-5,8H2,(H,14,15)(H,18,19). The van der Waals surface area contributed by atoms with Crippen LogP contribution in [0.25, 0.3) is 0 Å². The van der Waals surface area contributed by atoms with E-state index in [1.807, 2.05) is 0 Å². The van der Waals surface area contributed by atoms with Crippen LogP contribution in [0.3, 0.4) is 0 Å². The number of aliphatic hydroxyl groups excluding tert-OH is 1. The van der Waals surface area contributed by atoms with E-state index in [9.17, 15) is 20.0 Å². The molecule has 0 spiro atoms. The number of carbonyl (C=O) groups is 1.